The molecule has 1 aromatic carbocycles. The number of primary amides is 1. The number of nitrogens with one attached hydrogen (secondary N) is 5. The van der Waals surface area contributed by atoms with Gasteiger partial charge in [0, 0.05) is 61.5 Å². The summed E-state index contributed by atoms with van der Waals surface area (Å²) >= 11 is 4.31. The van der Waals surface area contributed by atoms with Gasteiger partial charge in [-0.3, -0.25) is 28.8 Å². The van der Waals surface area contributed by atoms with Crippen LogP contribution < -0.4 is 32.3 Å². The topological polar surface area (TPSA) is 445 Å². The molecule has 10 atom stereocenters. The molecule has 0 spiro atoms. The number of methoxy groups -OCH3 is 1. The lowest BCUT2D eigenvalue weighted by atomic mass is 9.85. The predicted molar refractivity (Wildman–Crippen MR) is 350 cm³/mol. The number of likely N-dealkylation sites (N-methyl/N-ethyl adjacent to an activating group) is 1. The third kappa shape index (κ3) is 13.7. The Hall–Kier alpha value is -9.61. The van der Waals surface area contributed by atoms with Crippen LogP contribution in [-0.4, -0.2) is 184 Å². The number of rotatable bonds is 9. The van der Waals surface area contributed by atoms with Crippen LogP contribution in [0, 0.1) is 5.82 Å². The predicted octanol–water partition coefficient (Wildman–Crippen LogP) is 4.03. The number of nitrogens with zero attached hydrogens (tertiary/aromatic N) is 8. The molecule has 7 aromatic heterocycles. The summed E-state index contributed by atoms with van der Waals surface area (Å²) in [6.07, 6.45) is -7.91. The third-order valence-corrected chi connectivity index (χ3v) is 20.8. The molecule has 6 amide bonds. The van der Waals surface area contributed by atoms with Crippen LogP contribution in [0.3, 0.4) is 0 Å². The maximum atomic E-state index is 15.9. The van der Waals surface area contributed by atoms with Crippen molar-refractivity contribution < 1.29 is 91.7 Å². The Morgan fingerprint density at radius 2 is 1.52 bits per heavy atom. The van der Waals surface area contributed by atoms with Crippen LogP contribution in [0.1, 0.15) is 125 Å². The van der Waals surface area contributed by atoms with Gasteiger partial charge in [-0.15, -0.1) is 56.7 Å². The minimum atomic E-state index is -2.02. The summed E-state index contributed by atoms with van der Waals surface area (Å²) in [6, 6.07) is -2.30. The fourth-order valence-electron chi connectivity index (χ4n) is 11.8. The standard InChI is InChI=1S/C61H59FN14O18S5/c1-21(48(63)79)64-49(80)31-18-98-57(69-31)42-36(78)11-27-41(71-42)30-16-96-55(66-30)29-15-92-59(85)44-28-14-90-45(46(94-37-12-61(5,87)47(75(6)7)24(4)93-37)60(86)91-13-25-9-26(62)10-35(38(25)28)76(44)88)43(58-70-32(19-99-58)50(81)65-29)74-52(83)34-20-97-56(68-34)40(23(3)89-8)73-53(84)39(22(2)77)72-51(82)33-17-95-54(27)67-33/h9-11,16-20,22,24,29,37,39,43,45-47,77-78,87-88H,1,12-15H2,2-8H3,(H2,63,79)(H,64,80)(H,65,81)(H,72,82)(H,73,84)(H,74,83)/b40-23-. The molecule has 11 N–H and O–H groups in total. The molecule has 8 aromatic rings. The molecule has 12 rings (SSSR count). The second-order valence-corrected chi connectivity index (χ2v) is 27.8. The van der Waals surface area contributed by atoms with Crippen molar-refractivity contribution in [2.24, 2.45) is 5.73 Å². The lowest BCUT2D eigenvalue weighted by molar-refractivity contribution is -0.280. The molecule has 10 unspecified atom stereocenters. The SMILES string of the molecule is C=C(NC(=O)c1csc(-c2nc3c(cc2O)-c2nc(cs2)C(=O)NC(C(C)O)C(=O)N/C(=C(/C)OC)c2nc(cs2)C(=O)NC2c4nc(cs4)C(=O)NC(COC(=O)c4c5c6c(cc(F)cc6n4O)COC(=O)C(OC4CC(C)(O)C(N(C)C)C(C)O4)C2OC5)c2nc-3cs2)n1)C(N)=O. The number of ether oxygens (including phenoxy) is 6. The summed E-state index contributed by atoms with van der Waals surface area (Å²) in [7, 11) is 4.77. The molecule has 38 heteroatoms. The van der Waals surface area contributed by atoms with Crippen LogP contribution in [0.4, 0.5) is 4.39 Å². The molecule has 0 saturated carbocycles. The van der Waals surface area contributed by atoms with Gasteiger partial charge >= 0.3 is 11.9 Å². The highest BCUT2D eigenvalue weighted by atomic mass is 32.1. The number of thiazole rings is 5. The Morgan fingerprint density at radius 3 is 2.22 bits per heavy atom. The second kappa shape index (κ2) is 27.6. The number of aliphatic hydroxyl groups excluding tert-OH is 1. The van der Waals surface area contributed by atoms with E-state index in [1.165, 1.54) is 53.9 Å². The molecule has 32 nitrogen and oxygen atoms in total. The second-order valence-electron chi connectivity index (χ2n) is 23.5. The number of fused-ring (bicyclic) bond motifs is 15. The van der Waals surface area contributed by atoms with E-state index in [1.54, 1.807) is 32.8 Å². The van der Waals surface area contributed by atoms with Crippen LogP contribution in [0.25, 0.3) is 49.3 Å². The van der Waals surface area contributed by atoms with Crippen molar-refractivity contribution in [1.29, 1.82) is 0 Å². The van der Waals surface area contributed by atoms with Crippen molar-refractivity contribution in [3.63, 3.8) is 0 Å². The number of esters is 2. The van der Waals surface area contributed by atoms with Gasteiger partial charge in [-0.25, -0.2) is 43.9 Å². The zero-order valence-electron chi connectivity index (χ0n) is 52.9. The van der Waals surface area contributed by atoms with Crippen molar-refractivity contribution in [2.75, 3.05) is 27.8 Å². The summed E-state index contributed by atoms with van der Waals surface area (Å²) in [6.45, 7) is 7.13. The molecule has 1 saturated heterocycles. The van der Waals surface area contributed by atoms with Crippen LogP contribution >= 0.6 is 56.7 Å². The van der Waals surface area contributed by atoms with Crippen molar-refractivity contribution >= 4 is 121 Å². The molecular formula is C61H59FN14O18S5. The smallest absolute Gasteiger partial charge is 0.358 e. The Balaban J connectivity index is 1.05. The highest BCUT2D eigenvalue weighted by Crippen LogP contribution is 2.43. The molecule has 0 radical (unpaired) electrons. The number of pyridine rings is 1. The van der Waals surface area contributed by atoms with E-state index >= 15 is 18.8 Å². The van der Waals surface area contributed by atoms with Crippen molar-refractivity contribution in [3.05, 3.63) is 124 Å². The van der Waals surface area contributed by atoms with Gasteiger partial charge in [0.2, 0.25) is 5.91 Å². The molecule has 1 fully saturated rings. The molecule has 99 heavy (non-hydrogen) atoms. The van der Waals surface area contributed by atoms with Gasteiger partial charge in [0.05, 0.1) is 48.8 Å². The van der Waals surface area contributed by atoms with Crippen LogP contribution in [0.15, 0.2) is 63.1 Å². The van der Waals surface area contributed by atoms with Crippen LogP contribution in [0.5, 0.6) is 5.75 Å². The number of allylic oxidation sites excluding steroid dienone is 1. The quantitative estimate of drug-likeness (QED) is 0.0422. The third-order valence-electron chi connectivity index (χ3n) is 16.4. The Labute approximate surface area is 578 Å². The lowest BCUT2D eigenvalue weighted by Gasteiger charge is -2.48. The van der Waals surface area contributed by atoms with E-state index in [0.717, 1.165) is 68.8 Å². The molecule has 518 valence electrons. The normalized spacial score (nSPS) is 23.9. The number of carbonyl (C=O) groups is 8. The summed E-state index contributed by atoms with van der Waals surface area (Å²) in [5.41, 5.74) is 0.647. The number of nitrogens with two attached hydrogens (primary N) is 1. The highest BCUT2D eigenvalue weighted by Gasteiger charge is 2.50. The molecule has 4 aliphatic heterocycles. The Kier molecular flexibility index (Phi) is 19.3. The average molecular weight is 1460 g/mol. The number of carbonyl (C=O) groups excluding carboxylic acids is 8. The van der Waals surface area contributed by atoms with E-state index < -0.39 is 151 Å². The number of aliphatic hydroxyl groups is 2. The first-order chi connectivity index (χ1) is 47.1. The number of benzene rings is 1. The Morgan fingerprint density at radius 1 is 0.859 bits per heavy atom. The number of halogens is 1. The molecular weight excluding hydrogens is 1400 g/mol. The highest BCUT2D eigenvalue weighted by molar-refractivity contribution is 7.14. The Bertz CT molecular complexity index is 4670. The van der Waals surface area contributed by atoms with Crippen LogP contribution in [-0.2, 0) is 56.0 Å². The van der Waals surface area contributed by atoms with E-state index in [0.29, 0.717) is 4.73 Å². The number of hydrogen-bond acceptors (Lipinski definition) is 30. The number of aromatic nitrogens is 7. The molecule has 11 heterocycles. The summed E-state index contributed by atoms with van der Waals surface area (Å²) < 4.78 is 53.5. The fourth-order valence-corrected chi connectivity index (χ4v) is 16.0. The fraction of sp³-hybridized carbons (Fsp3) is 0.344. The van der Waals surface area contributed by atoms with E-state index in [2.05, 4.69) is 48.1 Å². The minimum Gasteiger partial charge on any atom is -0.506 e. The van der Waals surface area contributed by atoms with Gasteiger partial charge in [-0.1, -0.05) is 6.58 Å². The molecule has 4 aliphatic rings. The van der Waals surface area contributed by atoms with Gasteiger partial charge in [-0.05, 0) is 53.9 Å². The van der Waals surface area contributed by atoms with E-state index in [9.17, 15) is 44.5 Å². The van der Waals surface area contributed by atoms with Gasteiger partial charge in [0.1, 0.15) is 125 Å². The van der Waals surface area contributed by atoms with E-state index in [1.807, 2.05) is 0 Å². The van der Waals surface area contributed by atoms with Gasteiger partial charge in [-0.2, -0.15) is 4.73 Å². The largest absolute Gasteiger partial charge is 0.506 e. The van der Waals surface area contributed by atoms with E-state index in [-0.39, 0.29) is 110 Å². The van der Waals surface area contributed by atoms with Crippen molar-refractivity contribution in [1.82, 2.24) is 66.1 Å². The van der Waals surface area contributed by atoms with Crippen LogP contribution in [0.2, 0.25) is 0 Å². The zero-order chi connectivity index (χ0) is 70.8. The molecule has 0 aliphatic carbocycles. The maximum Gasteiger partial charge on any atom is 0.358 e. The summed E-state index contributed by atoms with van der Waals surface area (Å²) in [4.78, 5) is 143. The first kappa shape index (κ1) is 69.3. The first-order valence-electron chi connectivity index (χ1n) is 29.8. The maximum absolute atomic E-state index is 15.9. The van der Waals surface area contributed by atoms with E-state index in [4.69, 9.17) is 49.1 Å². The lowest BCUT2D eigenvalue weighted by Crippen LogP contribution is -2.62. The zero-order valence-corrected chi connectivity index (χ0v) is 57.0. The minimum absolute atomic E-state index is 0.00358. The monoisotopic (exact) mass is 1450 g/mol. The number of amides is 6. The van der Waals surface area contributed by atoms with Gasteiger partial charge in [0.15, 0.2) is 18.1 Å². The number of aromatic hydroxyl groups is 1. The van der Waals surface area contributed by atoms with Gasteiger partial charge < -0.3 is 86.2 Å². The van der Waals surface area contributed by atoms with Gasteiger partial charge in [0.25, 0.3) is 29.5 Å². The molecule has 12 bridgehead atoms. The summed E-state index contributed by atoms with van der Waals surface area (Å²) in [5.74, 6) is -9.64. The van der Waals surface area contributed by atoms with Crippen molar-refractivity contribution in [2.45, 2.75) is 108 Å². The van der Waals surface area contributed by atoms with Crippen molar-refractivity contribution in [3.8, 4) is 38.4 Å². The first-order valence-corrected chi connectivity index (χ1v) is 34.2. The number of hydrogen-bond donors (Lipinski definition) is 10. The average Bonchev–Trinajstić information content (AvgIpc) is 1.64. The summed E-state index contributed by atoms with van der Waals surface area (Å²) in [5, 5.41) is 66.6. The number of cyclic esters (lactones) is 2.